The van der Waals surface area contributed by atoms with E-state index in [1.54, 1.807) is 41.6 Å². The van der Waals surface area contributed by atoms with Crippen LogP contribution in [0.2, 0.25) is 0 Å². The highest BCUT2D eigenvalue weighted by Crippen LogP contribution is 2.34. The smallest absolute Gasteiger partial charge is 0.249 e. The third kappa shape index (κ3) is 3.13. The molecule has 0 radical (unpaired) electrons. The van der Waals surface area contributed by atoms with Crippen LogP contribution in [0.4, 0.5) is 4.39 Å². The van der Waals surface area contributed by atoms with Crippen molar-refractivity contribution in [3.63, 3.8) is 0 Å². The summed E-state index contributed by atoms with van der Waals surface area (Å²) in [5.74, 6) is 0.614. The van der Waals surface area contributed by atoms with Crippen molar-refractivity contribution in [2.24, 2.45) is 0 Å². The lowest BCUT2D eigenvalue weighted by Gasteiger charge is -2.22. The first-order chi connectivity index (χ1) is 12.2. The van der Waals surface area contributed by atoms with Gasteiger partial charge in [0.1, 0.15) is 11.9 Å². The molecule has 3 heterocycles. The molecule has 1 atom stereocenters. The van der Waals surface area contributed by atoms with Crippen LogP contribution < -0.4 is 0 Å². The first-order valence-electron chi connectivity index (χ1n) is 7.98. The van der Waals surface area contributed by atoms with E-state index in [1.165, 1.54) is 12.1 Å². The van der Waals surface area contributed by atoms with Gasteiger partial charge in [-0.3, -0.25) is 9.78 Å². The van der Waals surface area contributed by atoms with Crippen LogP contribution in [0.1, 0.15) is 30.3 Å². The number of likely N-dealkylation sites (tertiary alicyclic amines) is 1. The average molecular weight is 338 g/mol. The molecule has 0 aliphatic carbocycles. The van der Waals surface area contributed by atoms with Gasteiger partial charge in [0, 0.05) is 30.9 Å². The number of halogens is 1. The minimum absolute atomic E-state index is 0.0259. The van der Waals surface area contributed by atoms with Crippen molar-refractivity contribution >= 4 is 5.91 Å². The minimum Gasteiger partial charge on any atom is -0.337 e. The topological polar surface area (TPSA) is 72.1 Å². The van der Waals surface area contributed by atoms with Crippen LogP contribution in [0, 0.1) is 5.82 Å². The standard InChI is InChI=1S/C18H15FN4O2/c19-14-3-1-12(2-4-14)11-23-15(5-6-16(23)24)18-21-17(22-25-18)13-7-9-20-10-8-13/h1-4,7-10,15H,5-6,11H2. The Morgan fingerprint density at radius 3 is 2.68 bits per heavy atom. The molecule has 126 valence electrons. The lowest BCUT2D eigenvalue weighted by atomic mass is 10.1. The lowest BCUT2D eigenvalue weighted by Crippen LogP contribution is -2.27. The molecule has 1 saturated heterocycles. The Kier molecular flexibility index (Phi) is 3.97. The SMILES string of the molecule is O=C1CCC(c2nc(-c3ccncc3)no2)N1Cc1ccc(F)cc1. The van der Waals surface area contributed by atoms with Gasteiger partial charge in [0.2, 0.25) is 17.6 Å². The van der Waals surface area contributed by atoms with Gasteiger partial charge in [-0.1, -0.05) is 17.3 Å². The van der Waals surface area contributed by atoms with E-state index in [-0.39, 0.29) is 17.8 Å². The molecule has 0 N–H and O–H groups in total. The first-order valence-corrected chi connectivity index (χ1v) is 7.98. The van der Waals surface area contributed by atoms with Crippen molar-refractivity contribution < 1.29 is 13.7 Å². The fourth-order valence-corrected chi connectivity index (χ4v) is 2.96. The quantitative estimate of drug-likeness (QED) is 0.731. The van der Waals surface area contributed by atoms with Gasteiger partial charge in [-0.15, -0.1) is 0 Å². The van der Waals surface area contributed by atoms with Crippen molar-refractivity contribution in [3.8, 4) is 11.4 Å². The number of aromatic nitrogens is 3. The van der Waals surface area contributed by atoms with E-state index in [9.17, 15) is 9.18 Å². The summed E-state index contributed by atoms with van der Waals surface area (Å²) < 4.78 is 18.5. The number of carbonyl (C=O) groups is 1. The fourth-order valence-electron chi connectivity index (χ4n) is 2.96. The number of pyridine rings is 1. The summed E-state index contributed by atoms with van der Waals surface area (Å²) in [5, 5.41) is 4.01. The predicted octanol–water partition coefficient (Wildman–Crippen LogP) is 3.13. The molecule has 1 amide bonds. The van der Waals surface area contributed by atoms with Crippen LogP contribution in [0.5, 0.6) is 0 Å². The summed E-state index contributed by atoms with van der Waals surface area (Å²) >= 11 is 0. The van der Waals surface area contributed by atoms with Gasteiger partial charge in [0.05, 0.1) is 0 Å². The van der Waals surface area contributed by atoms with E-state index < -0.39 is 0 Å². The van der Waals surface area contributed by atoms with Gasteiger partial charge in [0.25, 0.3) is 0 Å². The Labute approximate surface area is 143 Å². The van der Waals surface area contributed by atoms with Gasteiger partial charge in [0.15, 0.2) is 0 Å². The first kappa shape index (κ1) is 15.4. The predicted molar refractivity (Wildman–Crippen MR) is 86.5 cm³/mol. The fraction of sp³-hybridized carbons (Fsp3) is 0.222. The Morgan fingerprint density at radius 1 is 1.16 bits per heavy atom. The van der Waals surface area contributed by atoms with Gasteiger partial charge in [-0.05, 0) is 36.2 Å². The normalized spacial score (nSPS) is 17.2. The van der Waals surface area contributed by atoms with Crippen molar-refractivity contribution in [1.82, 2.24) is 20.0 Å². The highest BCUT2D eigenvalue weighted by Gasteiger charge is 2.36. The van der Waals surface area contributed by atoms with Crippen molar-refractivity contribution in [3.05, 3.63) is 66.1 Å². The van der Waals surface area contributed by atoms with Crippen LogP contribution in [-0.2, 0) is 11.3 Å². The number of carbonyl (C=O) groups excluding carboxylic acids is 1. The maximum absolute atomic E-state index is 13.1. The van der Waals surface area contributed by atoms with Crippen molar-refractivity contribution in [2.45, 2.75) is 25.4 Å². The maximum atomic E-state index is 13.1. The third-order valence-electron chi connectivity index (χ3n) is 4.26. The number of hydrogen-bond acceptors (Lipinski definition) is 5. The van der Waals surface area contributed by atoms with E-state index in [4.69, 9.17) is 4.52 Å². The number of hydrogen-bond donors (Lipinski definition) is 0. The second-order valence-electron chi connectivity index (χ2n) is 5.89. The van der Waals surface area contributed by atoms with Crippen LogP contribution in [0.3, 0.4) is 0 Å². The summed E-state index contributed by atoms with van der Waals surface area (Å²) in [6.45, 7) is 0.386. The molecule has 6 nitrogen and oxygen atoms in total. The Morgan fingerprint density at radius 2 is 1.92 bits per heavy atom. The van der Waals surface area contributed by atoms with E-state index >= 15 is 0 Å². The second-order valence-corrected chi connectivity index (χ2v) is 5.89. The molecule has 1 aromatic carbocycles. The van der Waals surface area contributed by atoms with E-state index in [2.05, 4.69) is 15.1 Å². The number of benzene rings is 1. The highest BCUT2D eigenvalue weighted by molar-refractivity contribution is 5.78. The molecule has 0 spiro atoms. The van der Waals surface area contributed by atoms with Gasteiger partial charge < -0.3 is 9.42 Å². The second kappa shape index (κ2) is 6.43. The minimum atomic E-state index is -0.299. The van der Waals surface area contributed by atoms with Crippen molar-refractivity contribution in [1.29, 1.82) is 0 Å². The van der Waals surface area contributed by atoms with Crippen LogP contribution >= 0.6 is 0 Å². The van der Waals surface area contributed by atoms with Gasteiger partial charge in [-0.2, -0.15) is 4.98 Å². The zero-order valence-electron chi connectivity index (χ0n) is 13.3. The molecule has 1 fully saturated rings. The summed E-state index contributed by atoms with van der Waals surface area (Å²) in [4.78, 5) is 22.4. The molecule has 1 aliphatic rings. The average Bonchev–Trinajstić information content (AvgIpc) is 3.25. The molecule has 25 heavy (non-hydrogen) atoms. The highest BCUT2D eigenvalue weighted by atomic mass is 19.1. The lowest BCUT2D eigenvalue weighted by molar-refractivity contribution is -0.129. The van der Waals surface area contributed by atoms with Crippen LogP contribution in [0.25, 0.3) is 11.4 Å². The molecule has 4 rings (SSSR count). The number of nitrogens with zero attached hydrogens (tertiary/aromatic N) is 4. The molecule has 0 saturated carbocycles. The van der Waals surface area contributed by atoms with E-state index in [0.717, 1.165) is 11.1 Å². The molecular formula is C18H15FN4O2. The molecular weight excluding hydrogens is 323 g/mol. The third-order valence-corrected chi connectivity index (χ3v) is 4.26. The van der Waals surface area contributed by atoms with Gasteiger partial charge >= 0.3 is 0 Å². The Balaban J connectivity index is 1.57. The van der Waals surface area contributed by atoms with E-state index in [0.29, 0.717) is 31.1 Å². The molecule has 3 aromatic rings. The molecule has 1 aliphatic heterocycles. The summed E-state index contributed by atoms with van der Waals surface area (Å²) in [6, 6.07) is 9.46. The zero-order valence-corrected chi connectivity index (χ0v) is 13.3. The number of rotatable bonds is 4. The van der Waals surface area contributed by atoms with Crippen LogP contribution in [-0.4, -0.2) is 25.9 Å². The largest absolute Gasteiger partial charge is 0.337 e. The molecule has 7 heteroatoms. The maximum Gasteiger partial charge on any atom is 0.249 e. The van der Waals surface area contributed by atoms with Gasteiger partial charge in [-0.25, -0.2) is 4.39 Å². The summed E-state index contributed by atoms with van der Waals surface area (Å²) in [5.41, 5.74) is 1.66. The Hall–Kier alpha value is -3.09. The Bertz CT molecular complexity index is 880. The van der Waals surface area contributed by atoms with Crippen molar-refractivity contribution in [2.75, 3.05) is 0 Å². The zero-order chi connectivity index (χ0) is 17.2. The van der Waals surface area contributed by atoms with E-state index in [1.807, 2.05) is 0 Å². The molecule has 0 bridgehead atoms. The number of amides is 1. The monoisotopic (exact) mass is 338 g/mol. The van der Waals surface area contributed by atoms with Crippen LogP contribution in [0.15, 0.2) is 53.3 Å². The summed E-state index contributed by atoms with van der Waals surface area (Å²) in [6.07, 6.45) is 4.37. The molecule has 1 unspecified atom stereocenters. The summed E-state index contributed by atoms with van der Waals surface area (Å²) in [7, 11) is 0. The molecule has 2 aromatic heterocycles.